The second-order valence-electron chi connectivity index (χ2n) is 3.73. The predicted molar refractivity (Wildman–Crippen MR) is 49.1 cm³/mol. The summed E-state index contributed by atoms with van der Waals surface area (Å²) in [7, 11) is 0. The Kier molecular flexibility index (Phi) is 2.76. The summed E-state index contributed by atoms with van der Waals surface area (Å²) in [6, 6.07) is 0. The fourth-order valence-electron chi connectivity index (χ4n) is 1.64. The van der Waals surface area contributed by atoms with E-state index in [4.69, 9.17) is 4.74 Å². The molecule has 0 aromatic carbocycles. The molecule has 0 saturated heterocycles. The lowest BCUT2D eigenvalue weighted by Gasteiger charge is -2.16. The van der Waals surface area contributed by atoms with Gasteiger partial charge in [-0.25, -0.2) is 0 Å². The summed E-state index contributed by atoms with van der Waals surface area (Å²) in [5, 5.41) is 9.74. The number of hydrogen-bond donors (Lipinski definition) is 1. The summed E-state index contributed by atoms with van der Waals surface area (Å²) >= 11 is 0. The van der Waals surface area contributed by atoms with Crippen LogP contribution in [0.15, 0.2) is 12.2 Å². The van der Waals surface area contributed by atoms with E-state index < -0.39 is 5.60 Å². The number of esters is 1. The Bertz CT molecular complexity index is 230. The van der Waals surface area contributed by atoms with Gasteiger partial charge in [0.25, 0.3) is 0 Å². The first-order valence-electron chi connectivity index (χ1n) is 4.54. The van der Waals surface area contributed by atoms with Gasteiger partial charge in [0.15, 0.2) is 0 Å². The molecule has 13 heavy (non-hydrogen) atoms. The van der Waals surface area contributed by atoms with Crippen LogP contribution in [-0.2, 0) is 9.53 Å². The third-order valence-corrected chi connectivity index (χ3v) is 2.52. The first-order chi connectivity index (χ1) is 5.97. The molecule has 1 saturated carbocycles. The van der Waals surface area contributed by atoms with Gasteiger partial charge in [-0.2, -0.15) is 0 Å². The highest BCUT2D eigenvalue weighted by Gasteiger charge is 2.40. The van der Waals surface area contributed by atoms with Gasteiger partial charge in [0, 0.05) is 0 Å². The Morgan fingerprint density at radius 2 is 2.46 bits per heavy atom. The minimum absolute atomic E-state index is 0.206. The maximum Gasteiger partial charge on any atom is 0.309 e. The molecular formula is C10H16O3. The first kappa shape index (κ1) is 10.3. The molecule has 3 nitrogen and oxygen atoms in total. The molecule has 0 amide bonds. The second kappa shape index (κ2) is 3.50. The van der Waals surface area contributed by atoms with Crippen molar-refractivity contribution in [1.29, 1.82) is 0 Å². The first-order valence-corrected chi connectivity index (χ1v) is 4.54. The summed E-state index contributed by atoms with van der Waals surface area (Å²) in [6.07, 6.45) is 0.983. The zero-order valence-corrected chi connectivity index (χ0v) is 8.17. The van der Waals surface area contributed by atoms with Crippen molar-refractivity contribution in [3.8, 4) is 0 Å². The van der Waals surface area contributed by atoms with Gasteiger partial charge < -0.3 is 9.84 Å². The second-order valence-corrected chi connectivity index (χ2v) is 3.73. The molecule has 2 atom stereocenters. The van der Waals surface area contributed by atoms with Crippen molar-refractivity contribution in [3.63, 3.8) is 0 Å². The van der Waals surface area contributed by atoms with Crippen LogP contribution in [0.5, 0.6) is 0 Å². The van der Waals surface area contributed by atoms with Gasteiger partial charge in [-0.3, -0.25) is 4.79 Å². The smallest absolute Gasteiger partial charge is 0.309 e. The molecule has 0 heterocycles. The number of hydrogen-bond acceptors (Lipinski definition) is 3. The molecular weight excluding hydrogens is 168 g/mol. The molecule has 0 aliphatic heterocycles. The van der Waals surface area contributed by atoms with E-state index >= 15 is 0 Å². The average Bonchev–Trinajstić information content (AvgIpc) is 2.27. The highest BCUT2D eigenvalue weighted by molar-refractivity contribution is 5.74. The molecule has 0 unspecified atom stereocenters. The molecule has 0 radical (unpaired) electrons. The molecule has 0 bridgehead atoms. The molecule has 0 spiro atoms. The lowest BCUT2D eigenvalue weighted by atomic mass is 10.0. The van der Waals surface area contributed by atoms with Gasteiger partial charge in [-0.1, -0.05) is 6.58 Å². The van der Waals surface area contributed by atoms with E-state index in [1.165, 1.54) is 0 Å². The topological polar surface area (TPSA) is 46.5 Å². The van der Waals surface area contributed by atoms with Crippen molar-refractivity contribution in [1.82, 2.24) is 0 Å². The molecule has 1 aliphatic carbocycles. The van der Waals surface area contributed by atoms with E-state index in [0.717, 1.165) is 5.57 Å². The Morgan fingerprint density at radius 1 is 1.85 bits per heavy atom. The number of rotatable bonds is 2. The maximum absolute atomic E-state index is 11.3. The zero-order valence-electron chi connectivity index (χ0n) is 8.17. The quantitative estimate of drug-likeness (QED) is 0.519. The minimum Gasteiger partial charge on any atom is -0.466 e. The number of aliphatic hydroxyl groups is 1. The Morgan fingerprint density at radius 3 is 2.85 bits per heavy atom. The van der Waals surface area contributed by atoms with Crippen LogP contribution < -0.4 is 0 Å². The van der Waals surface area contributed by atoms with Gasteiger partial charge in [0.05, 0.1) is 18.1 Å². The highest BCUT2D eigenvalue weighted by Crippen LogP contribution is 2.38. The highest BCUT2D eigenvalue weighted by atomic mass is 16.5. The molecule has 1 fully saturated rings. The lowest BCUT2D eigenvalue weighted by molar-refractivity contribution is -0.148. The molecule has 74 valence electrons. The van der Waals surface area contributed by atoms with Crippen LogP contribution in [0.3, 0.4) is 0 Å². The van der Waals surface area contributed by atoms with Gasteiger partial charge in [0.1, 0.15) is 0 Å². The fourth-order valence-corrected chi connectivity index (χ4v) is 1.64. The summed E-state index contributed by atoms with van der Waals surface area (Å²) in [5.74, 6) is -0.427. The molecule has 3 heteroatoms. The lowest BCUT2D eigenvalue weighted by Crippen LogP contribution is -2.23. The molecule has 0 aromatic rings. The minimum atomic E-state index is -0.891. The molecule has 1 N–H and O–H groups in total. The van der Waals surface area contributed by atoms with Crippen LogP contribution in [0.1, 0.15) is 26.7 Å². The van der Waals surface area contributed by atoms with Crippen molar-refractivity contribution in [3.05, 3.63) is 12.2 Å². The average molecular weight is 184 g/mol. The zero-order chi connectivity index (χ0) is 10.1. The monoisotopic (exact) mass is 184 g/mol. The van der Waals surface area contributed by atoms with E-state index in [9.17, 15) is 9.90 Å². The van der Waals surface area contributed by atoms with Gasteiger partial charge in [0.2, 0.25) is 0 Å². The normalized spacial score (nSPS) is 33.5. The van der Waals surface area contributed by atoms with E-state index in [1.807, 2.05) is 0 Å². The van der Waals surface area contributed by atoms with Crippen molar-refractivity contribution in [2.75, 3.05) is 6.61 Å². The van der Waals surface area contributed by atoms with Crippen molar-refractivity contribution in [2.24, 2.45) is 5.92 Å². The Labute approximate surface area is 78.4 Å². The summed E-state index contributed by atoms with van der Waals surface area (Å²) in [4.78, 5) is 11.3. The number of carbonyl (C=O) groups is 1. The van der Waals surface area contributed by atoms with Crippen LogP contribution in [0.25, 0.3) is 0 Å². The summed E-state index contributed by atoms with van der Waals surface area (Å²) in [5.41, 5.74) is -0.164. The molecule has 0 aromatic heterocycles. The Hall–Kier alpha value is -0.830. The molecule has 1 aliphatic rings. The van der Waals surface area contributed by atoms with Crippen LogP contribution in [-0.4, -0.2) is 23.3 Å². The van der Waals surface area contributed by atoms with Crippen LogP contribution >= 0.6 is 0 Å². The van der Waals surface area contributed by atoms with Gasteiger partial charge in [-0.15, -0.1) is 0 Å². The Balaban J connectivity index is 2.58. The third-order valence-electron chi connectivity index (χ3n) is 2.52. The van der Waals surface area contributed by atoms with E-state index in [0.29, 0.717) is 19.4 Å². The SMILES string of the molecule is C=C1C[C@@H](C(=O)OCC)C[C@@]1(C)O. The summed E-state index contributed by atoms with van der Waals surface area (Å²) in [6.45, 7) is 7.60. The predicted octanol–water partition coefficient (Wildman–Crippen LogP) is 1.27. The third kappa shape index (κ3) is 2.10. The van der Waals surface area contributed by atoms with E-state index in [-0.39, 0.29) is 11.9 Å². The maximum atomic E-state index is 11.3. The summed E-state index contributed by atoms with van der Waals surface area (Å²) < 4.78 is 4.88. The van der Waals surface area contributed by atoms with Crippen LogP contribution in [0, 0.1) is 5.92 Å². The van der Waals surface area contributed by atoms with Crippen molar-refractivity contribution in [2.45, 2.75) is 32.3 Å². The number of ether oxygens (including phenoxy) is 1. The van der Waals surface area contributed by atoms with Crippen molar-refractivity contribution >= 4 is 5.97 Å². The number of carbonyl (C=O) groups excluding carboxylic acids is 1. The van der Waals surface area contributed by atoms with E-state index in [2.05, 4.69) is 6.58 Å². The van der Waals surface area contributed by atoms with Gasteiger partial charge in [-0.05, 0) is 32.3 Å². The van der Waals surface area contributed by atoms with Crippen LogP contribution in [0.4, 0.5) is 0 Å². The van der Waals surface area contributed by atoms with Crippen LogP contribution in [0.2, 0.25) is 0 Å². The molecule has 1 rings (SSSR count). The largest absolute Gasteiger partial charge is 0.466 e. The standard InChI is InChI=1S/C10H16O3/c1-4-13-9(11)8-5-7(2)10(3,12)6-8/h8,12H,2,4-6H2,1,3H3/t8-,10-/m1/s1. The van der Waals surface area contributed by atoms with Crippen molar-refractivity contribution < 1.29 is 14.6 Å². The fraction of sp³-hybridized carbons (Fsp3) is 0.700. The van der Waals surface area contributed by atoms with Gasteiger partial charge >= 0.3 is 5.97 Å². The van der Waals surface area contributed by atoms with E-state index in [1.54, 1.807) is 13.8 Å².